The standard InChI is InChI=1S/C21H19N3O2/c1-15(25)24-18-10-8-16(9-11-18)5-4-12-22-21(26)13-17-14-23-20-7-3-2-6-19(17)20/h2-3,6-11,14,23H,12-13H2,1H3,(H,22,26)(H,24,25). The zero-order valence-corrected chi connectivity index (χ0v) is 14.4. The Balaban J connectivity index is 1.51. The molecular formula is C21H19N3O2. The highest BCUT2D eigenvalue weighted by molar-refractivity contribution is 5.89. The first-order valence-corrected chi connectivity index (χ1v) is 8.30. The van der Waals surface area contributed by atoms with Gasteiger partial charge in [-0.05, 0) is 35.9 Å². The van der Waals surface area contributed by atoms with E-state index in [1.165, 1.54) is 6.92 Å². The first-order valence-electron chi connectivity index (χ1n) is 8.30. The maximum Gasteiger partial charge on any atom is 0.225 e. The predicted molar refractivity (Wildman–Crippen MR) is 103 cm³/mol. The number of fused-ring (bicyclic) bond motifs is 1. The Morgan fingerprint density at radius 1 is 1.08 bits per heavy atom. The highest BCUT2D eigenvalue weighted by atomic mass is 16.2. The van der Waals surface area contributed by atoms with Crippen LogP contribution >= 0.6 is 0 Å². The number of rotatable bonds is 4. The molecule has 1 aromatic heterocycles. The van der Waals surface area contributed by atoms with Gasteiger partial charge in [0.1, 0.15) is 0 Å². The van der Waals surface area contributed by atoms with Gasteiger partial charge in [0.25, 0.3) is 0 Å². The maximum absolute atomic E-state index is 12.1. The van der Waals surface area contributed by atoms with E-state index in [1.807, 2.05) is 42.6 Å². The number of carbonyl (C=O) groups excluding carboxylic acids is 2. The zero-order valence-electron chi connectivity index (χ0n) is 14.4. The number of nitrogens with one attached hydrogen (secondary N) is 3. The molecule has 0 aliphatic rings. The number of benzene rings is 2. The number of carbonyl (C=O) groups is 2. The minimum absolute atomic E-state index is 0.0648. The van der Waals surface area contributed by atoms with Crippen LogP contribution in [0.3, 0.4) is 0 Å². The Morgan fingerprint density at radius 3 is 2.62 bits per heavy atom. The third-order valence-electron chi connectivity index (χ3n) is 3.84. The third-order valence-corrected chi connectivity index (χ3v) is 3.84. The predicted octanol–water partition coefficient (Wildman–Crippen LogP) is 2.84. The molecule has 26 heavy (non-hydrogen) atoms. The van der Waals surface area contributed by atoms with Crippen LogP contribution in [0.5, 0.6) is 0 Å². The van der Waals surface area contributed by atoms with E-state index in [1.54, 1.807) is 12.1 Å². The summed E-state index contributed by atoms with van der Waals surface area (Å²) in [5.41, 5.74) is 3.55. The van der Waals surface area contributed by atoms with E-state index in [-0.39, 0.29) is 18.4 Å². The fraction of sp³-hybridized carbons (Fsp3) is 0.143. The molecule has 0 saturated heterocycles. The number of hydrogen-bond donors (Lipinski definition) is 3. The number of H-pyrrole nitrogens is 1. The lowest BCUT2D eigenvalue weighted by Crippen LogP contribution is -2.25. The average molecular weight is 345 g/mol. The van der Waals surface area contributed by atoms with E-state index in [0.29, 0.717) is 6.42 Å². The molecule has 5 heteroatoms. The van der Waals surface area contributed by atoms with E-state index in [9.17, 15) is 9.59 Å². The quantitative estimate of drug-likeness (QED) is 0.636. The lowest BCUT2D eigenvalue weighted by atomic mass is 10.1. The van der Waals surface area contributed by atoms with Crippen LogP contribution in [0.1, 0.15) is 18.1 Å². The van der Waals surface area contributed by atoms with Gasteiger partial charge in [0, 0.05) is 35.3 Å². The highest BCUT2D eigenvalue weighted by Gasteiger charge is 2.07. The normalized spacial score (nSPS) is 10.0. The molecule has 5 nitrogen and oxygen atoms in total. The maximum atomic E-state index is 12.1. The molecule has 0 unspecified atom stereocenters. The van der Waals surface area contributed by atoms with Crippen molar-refractivity contribution in [2.24, 2.45) is 0 Å². The van der Waals surface area contributed by atoms with Crippen molar-refractivity contribution in [3.05, 3.63) is 65.9 Å². The van der Waals surface area contributed by atoms with Gasteiger partial charge in [-0.1, -0.05) is 30.0 Å². The average Bonchev–Trinajstić information content (AvgIpc) is 3.03. The Bertz CT molecular complexity index is 991. The highest BCUT2D eigenvalue weighted by Crippen LogP contribution is 2.17. The van der Waals surface area contributed by atoms with Crippen molar-refractivity contribution >= 4 is 28.4 Å². The fourth-order valence-corrected chi connectivity index (χ4v) is 2.64. The van der Waals surface area contributed by atoms with Crippen molar-refractivity contribution in [2.75, 3.05) is 11.9 Å². The molecule has 0 radical (unpaired) electrons. The van der Waals surface area contributed by atoms with Crippen molar-refractivity contribution < 1.29 is 9.59 Å². The SMILES string of the molecule is CC(=O)Nc1ccc(C#CCNC(=O)Cc2c[nH]c3ccccc23)cc1. The molecule has 0 bridgehead atoms. The first-order chi connectivity index (χ1) is 12.6. The third kappa shape index (κ3) is 4.52. The van der Waals surface area contributed by atoms with E-state index >= 15 is 0 Å². The number of para-hydroxylation sites is 1. The monoisotopic (exact) mass is 345 g/mol. The summed E-state index contributed by atoms with van der Waals surface area (Å²) >= 11 is 0. The summed E-state index contributed by atoms with van der Waals surface area (Å²) in [5, 5.41) is 6.57. The lowest BCUT2D eigenvalue weighted by Gasteiger charge is -2.01. The minimum Gasteiger partial charge on any atom is -0.361 e. The zero-order chi connectivity index (χ0) is 18.4. The molecule has 0 atom stereocenters. The van der Waals surface area contributed by atoms with Gasteiger partial charge >= 0.3 is 0 Å². The van der Waals surface area contributed by atoms with Crippen LogP contribution < -0.4 is 10.6 Å². The second kappa shape index (κ2) is 8.04. The van der Waals surface area contributed by atoms with Crippen molar-refractivity contribution in [2.45, 2.75) is 13.3 Å². The number of aromatic nitrogens is 1. The summed E-state index contributed by atoms with van der Waals surface area (Å²) in [6, 6.07) is 15.1. The first kappa shape index (κ1) is 17.3. The molecule has 3 aromatic rings. The van der Waals surface area contributed by atoms with Crippen molar-refractivity contribution in [3.63, 3.8) is 0 Å². The van der Waals surface area contributed by atoms with Crippen molar-refractivity contribution in [1.82, 2.24) is 10.3 Å². The van der Waals surface area contributed by atoms with Crippen LogP contribution in [0.4, 0.5) is 5.69 Å². The van der Waals surface area contributed by atoms with Crippen LogP contribution in [0.15, 0.2) is 54.7 Å². The summed E-state index contributed by atoms with van der Waals surface area (Å²) in [7, 11) is 0. The number of amides is 2. The summed E-state index contributed by atoms with van der Waals surface area (Å²) in [6.45, 7) is 1.75. The van der Waals surface area contributed by atoms with E-state index in [4.69, 9.17) is 0 Å². The summed E-state index contributed by atoms with van der Waals surface area (Å²) < 4.78 is 0. The van der Waals surface area contributed by atoms with Crippen LogP contribution in [0.2, 0.25) is 0 Å². The van der Waals surface area contributed by atoms with Crippen molar-refractivity contribution in [1.29, 1.82) is 0 Å². The number of anilines is 1. The minimum atomic E-state index is -0.109. The summed E-state index contributed by atoms with van der Waals surface area (Å²) in [4.78, 5) is 26.2. The van der Waals surface area contributed by atoms with Gasteiger partial charge in [-0.15, -0.1) is 0 Å². The largest absolute Gasteiger partial charge is 0.361 e. The van der Waals surface area contributed by atoms with Gasteiger partial charge in [-0.2, -0.15) is 0 Å². The van der Waals surface area contributed by atoms with Crippen LogP contribution in [-0.4, -0.2) is 23.3 Å². The van der Waals surface area contributed by atoms with Crippen LogP contribution in [0, 0.1) is 11.8 Å². The van der Waals surface area contributed by atoms with Gasteiger partial charge in [-0.25, -0.2) is 0 Å². The van der Waals surface area contributed by atoms with E-state index in [2.05, 4.69) is 27.5 Å². The molecule has 3 N–H and O–H groups in total. The molecule has 3 rings (SSSR count). The molecule has 2 amide bonds. The van der Waals surface area contributed by atoms with Crippen LogP contribution in [-0.2, 0) is 16.0 Å². The Kier molecular flexibility index (Phi) is 5.35. The smallest absolute Gasteiger partial charge is 0.225 e. The Hall–Kier alpha value is -3.52. The molecule has 0 aliphatic carbocycles. The molecule has 2 aromatic carbocycles. The molecule has 0 aliphatic heterocycles. The van der Waals surface area contributed by atoms with Crippen molar-refractivity contribution in [3.8, 4) is 11.8 Å². The molecule has 0 spiro atoms. The van der Waals surface area contributed by atoms with Gasteiger partial charge in [-0.3, -0.25) is 9.59 Å². The van der Waals surface area contributed by atoms with Gasteiger partial charge in [0.05, 0.1) is 13.0 Å². The van der Waals surface area contributed by atoms with Gasteiger partial charge in [0.2, 0.25) is 11.8 Å². The molecule has 0 saturated carbocycles. The molecule has 1 heterocycles. The van der Waals surface area contributed by atoms with E-state index in [0.717, 1.165) is 27.7 Å². The molecule has 0 fully saturated rings. The molecular weight excluding hydrogens is 326 g/mol. The Morgan fingerprint density at radius 2 is 1.85 bits per heavy atom. The molecule has 130 valence electrons. The summed E-state index contributed by atoms with van der Waals surface area (Å²) in [5.74, 6) is 5.74. The Labute approximate surface area is 151 Å². The fourth-order valence-electron chi connectivity index (χ4n) is 2.64. The van der Waals surface area contributed by atoms with Gasteiger partial charge in [0.15, 0.2) is 0 Å². The second-order valence-electron chi connectivity index (χ2n) is 5.87. The summed E-state index contributed by atoms with van der Waals surface area (Å²) in [6.07, 6.45) is 2.18. The lowest BCUT2D eigenvalue weighted by molar-refractivity contribution is -0.120. The topological polar surface area (TPSA) is 74.0 Å². The van der Waals surface area contributed by atoms with Crippen LogP contribution in [0.25, 0.3) is 10.9 Å². The second-order valence-corrected chi connectivity index (χ2v) is 5.87. The number of hydrogen-bond acceptors (Lipinski definition) is 2. The number of aromatic amines is 1. The van der Waals surface area contributed by atoms with E-state index < -0.39 is 0 Å². The van der Waals surface area contributed by atoms with Gasteiger partial charge < -0.3 is 15.6 Å².